The zero-order chi connectivity index (χ0) is 28.6. The van der Waals surface area contributed by atoms with Crippen molar-refractivity contribution in [1.29, 1.82) is 0 Å². The van der Waals surface area contributed by atoms with Crippen LogP contribution < -0.4 is 0 Å². The second kappa shape index (κ2) is 10.5. The monoisotopic (exact) mass is 551 g/mol. The molecule has 5 aromatic carbocycles. The fourth-order valence-corrected chi connectivity index (χ4v) is 5.61. The van der Waals surface area contributed by atoms with E-state index in [-0.39, 0.29) is 0 Å². The topological polar surface area (TPSA) is 51.8 Å². The second-order valence-corrected chi connectivity index (χ2v) is 10.5. The van der Waals surface area contributed by atoms with Gasteiger partial charge >= 0.3 is 0 Å². The van der Waals surface area contributed by atoms with Crippen LogP contribution in [0.3, 0.4) is 0 Å². The molecule has 0 fully saturated rings. The van der Waals surface area contributed by atoms with Crippen molar-refractivity contribution in [3.8, 4) is 56.3 Å². The summed E-state index contributed by atoms with van der Waals surface area (Å²) in [6.45, 7) is 0. The number of rotatable bonds is 5. The standard InChI is InChI=1S/C39H25N3O/c1-4-13-26(14-5-1)31-24-33(27-15-6-2-7-16-27)40-34(25-31)29-19-12-20-30(23-29)37-36-32-21-10-11-22-35(32)43-39(36)42-38(41-37)28-17-8-3-9-18-28/h1-25H. The second-order valence-electron chi connectivity index (χ2n) is 10.5. The van der Waals surface area contributed by atoms with Gasteiger partial charge in [-0.2, -0.15) is 4.98 Å². The summed E-state index contributed by atoms with van der Waals surface area (Å²) in [5, 5.41) is 1.90. The molecule has 0 amide bonds. The average molecular weight is 552 g/mol. The fraction of sp³-hybridized carbons (Fsp3) is 0. The number of hydrogen-bond acceptors (Lipinski definition) is 4. The van der Waals surface area contributed by atoms with E-state index in [1.54, 1.807) is 0 Å². The van der Waals surface area contributed by atoms with E-state index in [1.165, 1.54) is 0 Å². The number of fused-ring (bicyclic) bond motifs is 3. The van der Waals surface area contributed by atoms with Crippen LogP contribution in [0.2, 0.25) is 0 Å². The summed E-state index contributed by atoms with van der Waals surface area (Å²) in [5.74, 6) is 0.628. The molecule has 4 heteroatoms. The summed E-state index contributed by atoms with van der Waals surface area (Å²) in [4.78, 5) is 15.1. The smallest absolute Gasteiger partial charge is 0.231 e. The minimum atomic E-state index is 0.575. The van der Waals surface area contributed by atoms with Crippen molar-refractivity contribution in [2.45, 2.75) is 0 Å². The van der Waals surface area contributed by atoms with Gasteiger partial charge in [-0.25, -0.2) is 9.97 Å². The first-order chi connectivity index (χ1) is 21.3. The van der Waals surface area contributed by atoms with Crippen molar-refractivity contribution in [3.05, 3.63) is 152 Å². The van der Waals surface area contributed by atoms with E-state index < -0.39 is 0 Å². The van der Waals surface area contributed by atoms with E-state index in [1.807, 2.05) is 72.8 Å². The zero-order valence-corrected chi connectivity index (χ0v) is 23.2. The summed E-state index contributed by atoms with van der Waals surface area (Å²) in [7, 11) is 0. The van der Waals surface area contributed by atoms with Gasteiger partial charge in [-0.3, -0.25) is 0 Å². The molecule has 0 atom stereocenters. The Labute approximate surface area is 249 Å². The van der Waals surface area contributed by atoms with Gasteiger partial charge in [-0.1, -0.05) is 127 Å². The minimum Gasteiger partial charge on any atom is -0.438 e. The summed E-state index contributed by atoms with van der Waals surface area (Å²) in [6.07, 6.45) is 0. The molecule has 3 aromatic heterocycles. The quantitative estimate of drug-likeness (QED) is 0.214. The number of aromatic nitrogens is 3. The molecule has 202 valence electrons. The molecule has 0 bridgehead atoms. The van der Waals surface area contributed by atoms with E-state index in [4.69, 9.17) is 19.4 Å². The summed E-state index contributed by atoms with van der Waals surface area (Å²) >= 11 is 0. The van der Waals surface area contributed by atoms with Crippen LogP contribution in [0.25, 0.3) is 78.4 Å². The Kier molecular flexibility index (Phi) is 6.08. The molecule has 0 saturated carbocycles. The minimum absolute atomic E-state index is 0.575. The van der Waals surface area contributed by atoms with Crippen LogP contribution in [0.1, 0.15) is 0 Å². The highest BCUT2D eigenvalue weighted by molar-refractivity contribution is 6.10. The van der Waals surface area contributed by atoms with Gasteiger partial charge < -0.3 is 4.42 Å². The highest BCUT2D eigenvalue weighted by Gasteiger charge is 2.19. The summed E-state index contributed by atoms with van der Waals surface area (Å²) in [5.41, 5.74) is 10.3. The highest BCUT2D eigenvalue weighted by atomic mass is 16.3. The van der Waals surface area contributed by atoms with Crippen molar-refractivity contribution in [2.24, 2.45) is 0 Å². The maximum absolute atomic E-state index is 6.26. The lowest BCUT2D eigenvalue weighted by atomic mass is 9.98. The lowest BCUT2D eigenvalue weighted by Gasteiger charge is -2.12. The molecule has 0 aliphatic heterocycles. The Balaban J connectivity index is 1.34. The van der Waals surface area contributed by atoms with Gasteiger partial charge in [0.2, 0.25) is 5.71 Å². The number of pyridine rings is 1. The molecule has 4 nitrogen and oxygen atoms in total. The third kappa shape index (κ3) is 4.65. The summed E-state index contributed by atoms with van der Waals surface area (Å²) < 4.78 is 6.26. The maximum Gasteiger partial charge on any atom is 0.231 e. The number of hydrogen-bond donors (Lipinski definition) is 0. The lowest BCUT2D eigenvalue weighted by molar-refractivity contribution is 0.653. The van der Waals surface area contributed by atoms with Gasteiger partial charge in [-0.15, -0.1) is 0 Å². The van der Waals surface area contributed by atoms with Gasteiger partial charge in [-0.05, 0) is 35.4 Å². The van der Waals surface area contributed by atoms with Crippen LogP contribution in [0.5, 0.6) is 0 Å². The van der Waals surface area contributed by atoms with Crippen LogP contribution >= 0.6 is 0 Å². The largest absolute Gasteiger partial charge is 0.438 e. The lowest BCUT2D eigenvalue weighted by Crippen LogP contribution is -1.95. The van der Waals surface area contributed by atoms with Crippen LogP contribution in [-0.4, -0.2) is 15.0 Å². The van der Waals surface area contributed by atoms with E-state index in [9.17, 15) is 0 Å². The Morgan fingerprint density at radius 2 is 0.977 bits per heavy atom. The molecule has 43 heavy (non-hydrogen) atoms. The molecule has 0 radical (unpaired) electrons. The SMILES string of the molecule is c1ccc(-c2cc(-c3ccccc3)nc(-c3cccc(-c4nc(-c5ccccc5)nc5oc6ccccc6c45)c3)c2)cc1. The Bertz CT molecular complexity index is 2170. The third-order valence-electron chi connectivity index (χ3n) is 7.70. The van der Waals surface area contributed by atoms with Crippen molar-refractivity contribution in [3.63, 3.8) is 0 Å². The Hall–Kier alpha value is -5.87. The first-order valence-electron chi connectivity index (χ1n) is 14.3. The van der Waals surface area contributed by atoms with Crippen molar-refractivity contribution in [2.75, 3.05) is 0 Å². The molecule has 0 saturated heterocycles. The van der Waals surface area contributed by atoms with Crippen LogP contribution in [0, 0.1) is 0 Å². The van der Waals surface area contributed by atoms with Crippen LogP contribution in [0.15, 0.2) is 156 Å². The normalized spacial score (nSPS) is 11.3. The number of nitrogens with zero attached hydrogens (tertiary/aromatic N) is 3. The van der Waals surface area contributed by atoms with Crippen LogP contribution in [-0.2, 0) is 0 Å². The Morgan fingerprint density at radius 1 is 0.395 bits per heavy atom. The predicted octanol–water partition coefficient (Wildman–Crippen LogP) is 10.1. The molecular formula is C39H25N3O. The van der Waals surface area contributed by atoms with Gasteiger partial charge in [0, 0.05) is 27.6 Å². The van der Waals surface area contributed by atoms with Gasteiger partial charge in [0.05, 0.1) is 22.5 Å². The van der Waals surface area contributed by atoms with E-state index >= 15 is 0 Å². The first kappa shape index (κ1) is 24.9. The molecular weight excluding hydrogens is 526 g/mol. The molecule has 0 spiro atoms. The van der Waals surface area contributed by atoms with E-state index in [0.29, 0.717) is 11.5 Å². The molecule has 0 unspecified atom stereocenters. The van der Waals surface area contributed by atoms with E-state index in [2.05, 4.69) is 78.9 Å². The van der Waals surface area contributed by atoms with Crippen LogP contribution in [0.4, 0.5) is 0 Å². The van der Waals surface area contributed by atoms with Crippen molar-refractivity contribution < 1.29 is 4.42 Å². The van der Waals surface area contributed by atoms with E-state index in [0.717, 1.165) is 66.8 Å². The molecule has 0 N–H and O–H groups in total. The maximum atomic E-state index is 6.26. The number of furan rings is 1. The average Bonchev–Trinajstić information content (AvgIpc) is 3.47. The highest BCUT2D eigenvalue weighted by Crippen LogP contribution is 2.38. The number of benzene rings is 5. The van der Waals surface area contributed by atoms with Crippen molar-refractivity contribution >= 4 is 22.1 Å². The Morgan fingerprint density at radius 3 is 1.72 bits per heavy atom. The molecule has 8 rings (SSSR count). The fourth-order valence-electron chi connectivity index (χ4n) is 5.61. The van der Waals surface area contributed by atoms with Crippen molar-refractivity contribution in [1.82, 2.24) is 15.0 Å². The summed E-state index contributed by atoms with van der Waals surface area (Å²) in [6, 6.07) is 51.6. The first-order valence-corrected chi connectivity index (χ1v) is 14.3. The van der Waals surface area contributed by atoms with Gasteiger partial charge in [0.15, 0.2) is 5.82 Å². The molecule has 0 aliphatic carbocycles. The van der Waals surface area contributed by atoms with Gasteiger partial charge in [0.1, 0.15) is 5.58 Å². The molecule has 3 heterocycles. The molecule has 0 aliphatic rings. The third-order valence-corrected chi connectivity index (χ3v) is 7.70. The molecule has 8 aromatic rings. The predicted molar refractivity (Wildman–Crippen MR) is 174 cm³/mol. The van der Waals surface area contributed by atoms with Gasteiger partial charge in [0.25, 0.3) is 0 Å². The zero-order valence-electron chi connectivity index (χ0n) is 23.2. The number of para-hydroxylation sites is 1.